The van der Waals surface area contributed by atoms with Crippen molar-refractivity contribution in [3.8, 4) is 6.07 Å². The van der Waals surface area contributed by atoms with E-state index in [9.17, 15) is 5.26 Å². The van der Waals surface area contributed by atoms with Crippen LogP contribution < -0.4 is 0 Å². The molecule has 0 spiro atoms. The van der Waals surface area contributed by atoms with Gasteiger partial charge in [0.1, 0.15) is 5.54 Å². The summed E-state index contributed by atoms with van der Waals surface area (Å²) in [7, 11) is 0. The van der Waals surface area contributed by atoms with Crippen LogP contribution in [0.1, 0.15) is 26.2 Å². The molecular formula is C11H18N2O. The Morgan fingerprint density at radius 3 is 2.57 bits per heavy atom. The molecule has 0 aromatic rings. The number of nitrogens with zero attached hydrogens (tertiary/aromatic N) is 2. The van der Waals surface area contributed by atoms with Crippen molar-refractivity contribution < 1.29 is 4.74 Å². The molecule has 1 heterocycles. The average molecular weight is 194 g/mol. The second-order valence-corrected chi connectivity index (χ2v) is 4.63. The van der Waals surface area contributed by atoms with Crippen LogP contribution in [-0.2, 0) is 4.74 Å². The number of hydrogen-bond donors (Lipinski definition) is 0. The lowest BCUT2D eigenvalue weighted by atomic mass is 9.94. The van der Waals surface area contributed by atoms with Crippen molar-refractivity contribution in [2.24, 2.45) is 5.92 Å². The molecule has 1 atom stereocenters. The highest BCUT2D eigenvalue weighted by molar-refractivity contribution is 5.08. The van der Waals surface area contributed by atoms with Gasteiger partial charge >= 0.3 is 0 Å². The Bertz CT molecular complexity index is 238. The highest BCUT2D eigenvalue weighted by atomic mass is 16.5. The summed E-state index contributed by atoms with van der Waals surface area (Å²) in [6.45, 7) is 5.47. The summed E-state index contributed by atoms with van der Waals surface area (Å²) in [5, 5.41) is 9.28. The molecule has 0 aromatic heterocycles. The number of hydrogen-bond acceptors (Lipinski definition) is 3. The van der Waals surface area contributed by atoms with Gasteiger partial charge in [0.15, 0.2) is 0 Å². The summed E-state index contributed by atoms with van der Waals surface area (Å²) in [6, 6.07) is 2.49. The Labute approximate surface area is 85.6 Å². The first-order chi connectivity index (χ1) is 6.74. The molecule has 0 bridgehead atoms. The number of ether oxygens (including phenoxy) is 1. The monoisotopic (exact) mass is 194 g/mol. The van der Waals surface area contributed by atoms with Crippen molar-refractivity contribution in [2.75, 3.05) is 26.3 Å². The first kappa shape index (κ1) is 9.95. The van der Waals surface area contributed by atoms with Crippen LogP contribution in [0.15, 0.2) is 0 Å². The molecule has 3 nitrogen and oxygen atoms in total. The van der Waals surface area contributed by atoms with Crippen molar-refractivity contribution in [3.05, 3.63) is 0 Å². The van der Waals surface area contributed by atoms with Gasteiger partial charge in [-0.2, -0.15) is 5.26 Å². The quantitative estimate of drug-likeness (QED) is 0.681. The zero-order valence-electron chi connectivity index (χ0n) is 8.83. The maximum atomic E-state index is 9.28. The molecule has 2 fully saturated rings. The van der Waals surface area contributed by atoms with E-state index in [0.717, 1.165) is 38.6 Å². The molecule has 1 saturated carbocycles. The van der Waals surface area contributed by atoms with Crippen molar-refractivity contribution in [1.82, 2.24) is 4.90 Å². The Kier molecular flexibility index (Phi) is 2.76. The lowest BCUT2D eigenvalue weighted by Gasteiger charge is -2.38. The fraction of sp³-hybridized carbons (Fsp3) is 0.909. The zero-order chi connectivity index (χ0) is 10.0. The molecule has 1 saturated heterocycles. The first-order valence-electron chi connectivity index (χ1n) is 5.49. The highest BCUT2D eigenvalue weighted by Crippen LogP contribution is 2.38. The summed E-state index contributed by atoms with van der Waals surface area (Å²) in [5.74, 6) is 0.808. The normalized spacial score (nSPS) is 28.0. The van der Waals surface area contributed by atoms with Gasteiger partial charge in [-0.15, -0.1) is 0 Å². The molecule has 14 heavy (non-hydrogen) atoms. The predicted octanol–water partition coefficient (Wildman–Crippen LogP) is 1.40. The van der Waals surface area contributed by atoms with E-state index in [0.29, 0.717) is 0 Å². The fourth-order valence-corrected chi connectivity index (χ4v) is 2.19. The van der Waals surface area contributed by atoms with Crippen LogP contribution in [0, 0.1) is 17.2 Å². The van der Waals surface area contributed by atoms with E-state index in [1.807, 2.05) is 0 Å². The Morgan fingerprint density at radius 2 is 2.07 bits per heavy atom. The second-order valence-electron chi connectivity index (χ2n) is 4.63. The highest BCUT2D eigenvalue weighted by Gasteiger charge is 2.38. The number of rotatable bonds is 3. The van der Waals surface area contributed by atoms with E-state index < -0.39 is 0 Å². The molecule has 0 N–H and O–H groups in total. The number of nitriles is 1. The Hall–Kier alpha value is -0.590. The van der Waals surface area contributed by atoms with E-state index in [1.165, 1.54) is 12.8 Å². The van der Waals surface area contributed by atoms with E-state index in [4.69, 9.17) is 4.74 Å². The van der Waals surface area contributed by atoms with E-state index >= 15 is 0 Å². The van der Waals surface area contributed by atoms with Gasteiger partial charge in [0.05, 0.1) is 19.3 Å². The van der Waals surface area contributed by atoms with Crippen molar-refractivity contribution in [3.63, 3.8) is 0 Å². The molecule has 2 aliphatic rings. The van der Waals surface area contributed by atoms with Gasteiger partial charge in [-0.05, 0) is 19.3 Å². The van der Waals surface area contributed by atoms with Crippen LogP contribution in [-0.4, -0.2) is 36.7 Å². The second kappa shape index (κ2) is 3.88. The summed E-state index contributed by atoms with van der Waals surface area (Å²) in [6.07, 6.45) is 3.69. The van der Waals surface area contributed by atoms with Gasteiger partial charge in [0, 0.05) is 13.1 Å². The van der Waals surface area contributed by atoms with Gasteiger partial charge < -0.3 is 4.74 Å². The zero-order valence-corrected chi connectivity index (χ0v) is 8.83. The summed E-state index contributed by atoms with van der Waals surface area (Å²) >= 11 is 0. The number of morpholine rings is 1. The maximum absolute atomic E-state index is 9.28. The van der Waals surface area contributed by atoms with Gasteiger partial charge in [-0.1, -0.05) is 12.8 Å². The van der Waals surface area contributed by atoms with E-state index in [2.05, 4.69) is 17.9 Å². The fourth-order valence-electron chi connectivity index (χ4n) is 2.19. The molecule has 1 unspecified atom stereocenters. The summed E-state index contributed by atoms with van der Waals surface area (Å²) < 4.78 is 5.31. The standard InChI is InChI=1S/C11H18N2O/c1-11(9-12,8-10-2-3-10)13-4-6-14-7-5-13/h10H,2-8H2,1H3. The van der Waals surface area contributed by atoms with Gasteiger partial charge in [0.25, 0.3) is 0 Å². The molecule has 2 rings (SSSR count). The molecule has 1 aliphatic heterocycles. The maximum Gasteiger partial charge on any atom is 0.106 e. The Morgan fingerprint density at radius 1 is 1.43 bits per heavy atom. The van der Waals surface area contributed by atoms with Gasteiger partial charge in [-0.25, -0.2) is 0 Å². The lowest BCUT2D eigenvalue weighted by Crippen LogP contribution is -2.51. The van der Waals surface area contributed by atoms with Crippen LogP contribution in [0.4, 0.5) is 0 Å². The topological polar surface area (TPSA) is 36.3 Å². The molecule has 0 aromatic carbocycles. The van der Waals surface area contributed by atoms with Crippen molar-refractivity contribution in [1.29, 1.82) is 5.26 Å². The first-order valence-corrected chi connectivity index (χ1v) is 5.49. The lowest BCUT2D eigenvalue weighted by molar-refractivity contribution is -0.00206. The van der Waals surface area contributed by atoms with Crippen molar-refractivity contribution in [2.45, 2.75) is 31.7 Å². The third-order valence-corrected chi connectivity index (χ3v) is 3.33. The summed E-state index contributed by atoms with van der Waals surface area (Å²) in [5.41, 5.74) is -0.245. The molecular weight excluding hydrogens is 176 g/mol. The van der Waals surface area contributed by atoms with Crippen LogP contribution in [0.2, 0.25) is 0 Å². The van der Waals surface area contributed by atoms with Crippen LogP contribution in [0.3, 0.4) is 0 Å². The van der Waals surface area contributed by atoms with Crippen LogP contribution >= 0.6 is 0 Å². The minimum atomic E-state index is -0.245. The third-order valence-electron chi connectivity index (χ3n) is 3.33. The largest absolute Gasteiger partial charge is 0.379 e. The summed E-state index contributed by atoms with van der Waals surface area (Å²) in [4.78, 5) is 2.29. The van der Waals surface area contributed by atoms with Crippen LogP contribution in [0.5, 0.6) is 0 Å². The minimum Gasteiger partial charge on any atom is -0.379 e. The van der Waals surface area contributed by atoms with E-state index in [-0.39, 0.29) is 5.54 Å². The molecule has 0 amide bonds. The predicted molar refractivity (Wildman–Crippen MR) is 53.8 cm³/mol. The van der Waals surface area contributed by atoms with E-state index in [1.54, 1.807) is 0 Å². The molecule has 0 radical (unpaired) electrons. The van der Waals surface area contributed by atoms with Gasteiger partial charge in [0.2, 0.25) is 0 Å². The average Bonchev–Trinajstić information content (AvgIpc) is 3.03. The van der Waals surface area contributed by atoms with Crippen LogP contribution in [0.25, 0.3) is 0 Å². The molecule has 78 valence electrons. The third kappa shape index (κ3) is 2.08. The van der Waals surface area contributed by atoms with Gasteiger partial charge in [-0.3, -0.25) is 4.90 Å². The molecule has 3 heteroatoms. The smallest absolute Gasteiger partial charge is 0.106 e. The molecule has 1 aliphatic carbocycles. The van der Waals surface area contributed by atoms with Crippen molar-refractivity contribution >= 4 is 0 Å². The Balaban J connectivity index is 1.97. The SMILES string of the molecule is CC(C#N)(CC1CC1)N1CCOCC1. The minimum absolute atomic E-state index is 0.245.